The molecule has 2 rings (SSSR count). The Morgan fingerprint density at radius 2 is 1.62 bits per heavy atom. The minimum Gasteiger partial charge on any atom is -0.543 e. The van der Waals surface area contributed by atoms with Crippen LogP contribution in [0.4, 0.5) is 0 Å². The Morgan fingerprint density at radius 1 is 1.04 bits per heavy atom. The molecule has 0 aliphatic rings. The number of ether oxygens (including phenoxy) is 1. The van der Waals surface area contributed by atoms with Crippen molar-refractivity contribution in [3.63, 3.8) is 0 Å². The number of hydrogen-bond acceptors (Lipinski definition) is 4. The Hall–Kier alpha value is -1.09. The van der Waals surface area contributed by atoms with Gasteiger partial charge in [0.25, 0.3) is 0 Å². The van der Waals surface area contributed by atoms with Gasteiger partial charge in [-0.1, -0.05) is 20.8 Å². The highest BCUT2D eigenvalue weighted by atomic mass is 127. The molecular weight excluding hydrogens is 459 g/mol. The normalized spacial score (nSPS) is 13.4. The molecule has 0 saturated carbocycles. The van der Waals surface area contributed by atoms with Gasteiger partial charge >= 0.3 is 0 Å². The van der Waals surface area contributed by atoms with Gasteiger partial charge in [-0.2, -0.15) is 0 Å². The largest absolute Gasteiger partial charge is 0.543 e. The number of rotatable bonds is 6. The van der Waals surface area contributed by atoms with Crippen molar-refractivity contribution in [2.45, 2.75) is 45.0 Å². The molecule has 0 fully saturated rings. The second kappa shape index (κ2) is 8.29. The zero-order valence-corrected chi connectivity index (χ0v) is 19.1. The number of aliphatic hydroxyl groups excluding tert-OH is 2. The highest BCUT2D eigenvalue weighted by Gasteiger charge is 2.38. The maximum absolute atomic E-state index is 10.0. The summed E-state index contributed by atoms with van der Waals surface area (Å²) in [4.78, 5) is 0. The predicted octanol–water partition coefficient (Wildman–Crippen LogP) is 5.49. The minimum atomic E-state index is -1.87. The summed E-state index contributed by atoms with van der Waals surface area (Å²) in [5, 5.41) is 19.4. The van der Waals surface area contributed by atoms with Crippen LogP contribution in [0, 0.1) is 3.57 Å². The Kier molecular flexibility index (Phi) is 6.76. The van der Waals surface area contributed by atoms with Crippen LogP contribution in [0.1, 0.15) is 32.4 Å². The monoisotopic (exact) mass is 486 g/mol. The van der Waals surface area contributed by atoms with Crippen LogP contribution >= 0.6 is 22.6 Å². The van der Waals surface area contributed by atoms with Gasteiger partial charge in [0.05, 0.1) is 6.61 Å². The topological polar surface area (TPSA) is 58.9 Å². The maximum atomic E-state index is 10.0. The molecule has 2 aromatic rings. The summed E-state index contributed by atoms with van der Waals surface area (Å²) in [5.74, 6) is 2.02. The van der Waals surface area contributed by atoms with Crippen LogP contribution in [0.3, 0.4) is 0 Å². The third kappa shape index (κ3) is 5.22. The summed E-state index contributed by atoms with van der Waals surface area (Å²) in [7, 11) is -1.87. The molecule has 0 amide bonds. The Bertz CT molecular complexity index is 738. The first-order valence-corrected chi connectivity index (χ1v) is 12.6. The van der Waals surface area contributed by atoms with E-state index in [4.69, 9.17) is 9.16 Å². The highest BCUT2D eigenvalue weighted by molar-refractivity contribution is 14.1. The van der Waals surface area contributed by atoms with Gasteiger partial charge in [0.15, 0.2) is 0 Å². The minimum absolute atomic E-state index is 0.138. The van der Waals surface area contributed by atoms with E-state index in [1.165, 1.54) is 0 Å². The zero-order valence-electron chi connectivity index (χ0n) is 15.9. The number of aliphatic hydroxyl groups is 2. The molecule has 4 nitrogen and oxygen atoms in total. The van der Waals surface area contributed by atoms with Crippen molar-refractivity contribution < 1.29 is 19.4 Å². The Labute approximate surface area is 170 Å². The molecule has 0 spiro atoms. The van der Waals surface area contributed by atoms with Gasteiger partial charge in [0.1, 0.15) is 23.4 Å². The van der Waals surface area contributed by atoms with E-state index in [9.17, 15) is 10.2 Å². The summed E-state index contributed by atoms with van der Waals surface area (Å²) in [6.45, 7) is 10.7. The van der Waals surface area contributed by atoms with Crippen molar-refractivity contribution in [2.75, 3.05) is 6.61 Å². The van der Waals surface area contributed by atoms with Crippen molar-refractivity contribution in [1.29, 1.82) is 0 Å². The van der Waals surface area contributed by atoms with Crippen LogP contribution in [0.15, 0.2) is 42.5 Å². The Balaban J connectivity index is 2.18. The van der Waals surface area contributed by atoms with E-state index in [2.05, 4.69) is 56.5 Å². The van der Waals surface area contributed by atoms with Crippen molar-refractivity contribution in [3.8, 4) is 17.2 Å². The number of benzene rings is 2. The van der Waals surface area contributed by atoms with Gasteiger partial charge in [0, 0.05) is 9.13 Å². The molecule has 6 heteroatoms. The zero-order chi connectivity index (χ0) is 19.5. The van der Waals surface area contributed by atoms with Crippen LogP contribution in [-0.4, -0.2) is 25.1 Å². The van der Waals surface area contributed by atoms with E-state index in [0.717, 1.165) is 9.32 Å². The van der Waals surface area contributed by atoms with Crippen LogP contribution in [0.25, 0.3) is 0 Å². The summed E-state index contributed by atoms with van der Waals surface area (Å²) in [6.07, 6.45) is -0.971. The average Bonchev–Trinajstić information content (AvgIpc) is 2.56. The quantitative estimate of drug-likeness (QED) is 0.419. The van der Waals surface area contributed by atoms with E-state index < -0.39 is 14.4 Å². The number of hydrogen-bond donors (Lipinski definition) is 2. The first kappa shape index (κ1) is 21.2. The molecule has 0 aliphatic carbocycles. The lowest BCUT2D eigenvalue weighted by atomic mass is 10.1. The van der Waals surface area contributed by atoms with Gasteiger partial charge in [0.2, 0.25) is 8.32 Å². The van der Waals surface area contributed by atoms with Gasteiger partial charge in [-0.3, -0.25) is 0 Å². The highest BCUT2D eigenvalue weighted by Crippen LogP contribution is 2.38. The van der Waals surface area contributed by atoms with E-state index in [-0.39, 0.29) is 11.6 Å². The molecule has 2 aromatic carbocycles. The molecule has 0 saturated heterocycles. The lowest BCUT2D eigenvalue weighted by Crippen LogP contribution is -2.43. The lowest BCUT2D eigenvalue weighted by Gasteiger charge is -2.36. The fourth-order valence-corrected chi connectivity index (χ4v) is 3.67. The molecular formula is C20H27IO4Si. The van der Waals surface area contributed by atoms with E-state index in [1.807, 2.05) is 36.4 Å². The fourth-order valence-electron chi connectivity index (χ4n) is 2.12. The lowest BCUT2D eigenvalue weighted by molar-refractivity contribution is 0.0937. The molecule has 0 aliphatic heterocycles. The van der Waals surface area contributed by atoms with Crippen molar-refractivity contribution in [1.82, 2.24) is 0 Å². The van der Waals surface area contributed by atoms with E-state index in [0.29, 0.717) is 17.1 Å². The fraction of sp³-hybridized carbons (Fsp3) is 0.400. The summed E-state index contributed by atoms with van der Waals surface area (Å²) >= 11 is 2.16. The molecule has 0 unspecified atom stereocenters. The summed E-state index contributed by atoms with van der Waals surface area (Å²) < 4.78 is 13.2. The van der Waals surface area contributed by atoms with Crippen LogP contribution in [-0.2, 0) is 0 Å². The molecule has 1 atom stereocenters. The maximum Gasteiger partial charge on any atom is 0.250 e. The first-order chi connectivity index (χ1) is 12.0. The third-order valence-corrected chi connectivity index (χ3v) is 9.76. The summed E-state index contributed by atoms with van der Waals surface area (Å²) in [5.41, 5.74) is 0.570. The third-order valence-electron chi connectivity index (χ3n) is 4.73. The van der Waals surface area contributed by atoms with Crippen molar-refractivity contribution in [2.24, 2.45) is 0 Å². The van der Waals surface area contributed by atoms with Gasteiger partial charge in [-0.05, 0) is 83.2 Å². The number of halogens is 1. The molecule has 0 bridgehead atoms. The smallest absolute Gasteiger partial charge is 0.250 e. The molecule has 0 radical (unpaired) electrons. The van der Waals surface area contributed by atoms with Gasteiger partial charge < -0.3 is 19.4 Å². The van der Waals surface area contributed by atoms with Crippen LogP contribution < -0.4 is 9.16 Å². The SMILES string of the molecule is CC(C)(C)[Si](C)(C)Oc1ccc(Oc2ccc(I)cc2[C@@H](O)CO)cc1. The Morgan fingerprint density at radius 3 is 2.15 bits per heavy atom. The molecule has 2 N–H and O–H groups in total. The van der Waals surface area contributed by atoms with Crippen LogP contribution in [0.5, 0.6) is 17.2 Å². The summed E-state index contributed by atoms with van der Waals surface area (Å²) in [6, 6.07) is 13.0. The van der Waals surface area contributed by atoms with E-state index >= 15 is 0 Å². The molecule has 142 valence electrons. The first-order valence-electron chi connectivity index (χ1n) is 8.59. The second-order valence-electron chi connectivity index (χ2n) is 7.82. The van der Waals surface area contributed by atoms with Gasteiger partial charge in [-0.25, -0.2) is 0 Å². The van der Waals surface area contributed by atoms with Gasteiger partial charge in [-0.15, -0.1) is 0 Å². The molecule has 26 heavy (non-hydrogen) atoms. The average molecular weight is 486 g/mol. The van der Waals surface area contributed by atoms with Crippen LogP contribution in [0.2, 0.25) is 18.1 Å². The molecule has 0 aromatic heterocycles. The standard InChI is InChI=1S/C20H27IO4Si/c1-20(2,3)26(4,5)25-16-9-7-15(8-10-16)24-19-11-6-14(21)12-17(19)18(23)13-22/h6-12,18,22-23H,13H2,1-5H3/t18-/m0/s1. The molecule has 0 heterocycles. The second-order valence-corrected chi connectivity index (χ2v) is 13.8. The van der Waals surface area contributed by atoms with E-state index in [1.54, 1.807) is 6.07 Å². The predicted molar refractivity (Wildman–Crippen MR) is 116 cm³/mol. The van der Waals surface area contributed by atoms with Crippen molar-refractivity contribution >= 4 is 30.9 Å². The van der Waals surface area contributed by atoms with Crippen molar-refractivity contribution in [3.05, 3.63) is 51.6 Å².